The van der Waals surface area contributed by atoms with Gasteiger partial charge in [0.25, 0.3) is 0 Å². The van der Waals surface area contributed by atoms with Gasteiger partial charge < -0.3 is 25.3 Å². The zero-order valence-corrected chi connectivity index (χ0v) is 13.5. The fourth-order valence-corrected chi connectivity index (χ4v) is 0. The largest absolute Gasteiger partial charge is 2.00 e. The molecule has 0 unspecified atom stereocenters. The van der Waals surface area contributed by atoms with E-state index >= 15 is 0 Å². The van der Waals surface area contributed by atoms with Crippen molar-refractivity contribution in [2.45, 2.75) is 13.8 Å². The van der Waals surface area contributed by atoms with Gasteiger partial charge in [-0.3, -0.25) is 0 Å². The fraction of sp³-hybridized carbons (Fsp3) is 0.500. The summed E-state index contributed by atoms with van der Waals surface area (Å²) in [5.41, 5.74) is 0. The number of carboxylic acid groups (broad SMARTS) is 2. The second-order valence-corrected chi connectivity index (χ2v) is 0.983. The van der Waals surface area contributed by atoms with Gasteiger partial charge in [-0.15, -0.1) is 0 Å². The molecule has 0 saturated heterocycles. The summed E-state index contributed by atoms with van der Waals surface area (Å²) in [6.45, 7) is 1.94. The maximum Gasteiger partial charge on any atom is 2.00 e. The van der Waals surface area contributed by atoms with Crippen LogP contribution in [-0.4, -0.2) is 11.9 Å². The van der Waals surface area contributed by atoms with E-state index in [1.165, 1.54) is 0 Å². The van der Waals surface area contributed by atoms with Crippen LogP contribution in [0.5, 0.6) is 0 Å². The van der Waals surface area contributed by atoms with E-state index < -0.39 is 11.9 Å². The molecule has 0 atom stereocenters. The number of rotatable bonds is 0. The van der Waals surface area contributed by atoms with E-state index in [9.17, 15) is 0 Å². The number of hydrogen-bond acceptors (Lipinski definition) is 4. The van der Waals surface area contributed by atoms with Crippen molar-refractivity contribution in [3.05, 3.63) is 0 Å². The number of carboxylic acids is 2. The van der Waals surface area contributed by atoms with E-state index in [0.29, 0.717) is 0 Å². The van der Waals surface area contributed by atoms with Crippen LogP contribution in [0.3, 0.4) is 0 Å². The SMILES string of the molecule is CC(=O)[O-].CC(=O)[O-].[Cd+2].[O-2].[Zn+2]. The molecule has 0 aliphatic carbocycles. The average molecular weight is 312 g/mol. The molecule has 56 valence electrons. The quantitative estimate of drug-likeness (QED) is 0.456. The maximum absolute atomic E-state index is 8.89. The summed E-state index contributed by atoms with van der Waals surface area (Å²) in [5.74, 6) is -2.17. The molecule has 0 amide bonds. The smallest absolute Gasteiger partial charge is 2.00 e. The Bertz CT molecular complexity index is 76.5. The Morgan fingerprint density at radius 3 is 1.00 bits per heavy atom. The van der Waals surface area contributed by atoms with E-state index in [1.54, 1.807) is 0 Å². The van der Waals surface area contributed by atoms with Gasteiger partial charge in [-0.25, -0.2) is 0 Å². The first-order chi connectivity index (χ1) is 3.46. The summed E-state index contributed by atoms with van der Waals surface area (Å²) in [6, 6.07) is 0. The number of carbonyl (C=O) groups is 2. The monoisotopic (exact) mass is 312 g/mol. The van der Waals surface area contributed by atoms with E-state index in [4.69, 9.17) is 19.8 Å². The van der Waals surface area contributed by atoms with Crippen molar-refractivity contribution in [3.63, 3.8) is 0 Å². The van der Waals surface area contributed by atoms with Crippen LogP contribution in [0.15, 0.2) is 0 Å². The molecule has 0 spiro atoms. The Morgan fingerprint density at radius 1 is 1.00 bits per heavy atom. The molecule has 0 aromatic carbocycles. The molecule has 0 N–H and O–H groups in total. The number of hydrogen-bond donors (Lipinski definition) is 0. The minimum absolute atomic E-state index is 0. The van der Waals surface area contributed by atoms with Crippen molar-refractivity contribution >= 4 is 11.9 Å². The Morgan fingerprint density at radius 2 is 1.00 bits per heavy atom. The van der Waals surface area contributed by atoms with Crippen LogP contribution in [0.1, 0.15) is 13.8 Å². The molecule has 0 aliphatic heterocycles. The Balaban J connectivity index is -0.0000000171. The van der Waals surface area contributed by atoms with Gasteiger partial charge in [0.2, 0.25) is 0 Å². The van der Waals surface area contributed by atoms with Gasteiger partial charge in [0.05, 0.1) is 0 Å². The van der Waals surface area contributed by atoms with Crippen molar-refractivity contribution in [3.8, 4) is 0 Å². The molecule has 0 aromatic rings. The minimum atomic E-state index is -1.08. The third-order valence-corrected chi connectivity index (χ3v) is 0. The van der Waals surface area contributed by atoms with Crippen molar-refractivity contribution in [2.75, 3.05) is 0 Å². The van der Waals surface area contributed by atoms with Crippen LogP contribution in [0.25, 0.3) is 0 Å². The van der Waals surface area contributed by atoms with E-state index in [0.717, 1.165) is 13.8 Å². The first-order valence-corrected chi connectivity index (χ1v) is 1.82. The van der Waals surface area contributed by atoms with Crippen molar-refractivity contribution in [2.24, 2.45) is 0 Å². The Labute approximate surface area is 97.4 Å². The molecule has 0 radical (unpaired) electrons. The molecular formula is C4H6CdO5Zn. The van der Waals surface area contributed by atoms with Crippen molar-refractivity contribution < 1.29 is 72.1 Å². The van der Waals surface area contributed by atoms with Crippen LogP contribution in [0.2, 0.25) is 0 Å². The molecule has 0 bridgehead atoms. The van der Waals surface area contributed by atoms with Crippen LogP contribution < -0.4 is 10.2 Å². The van der Waals surface area contributed by atoms with Crippen molar-refractivity contribution in [1.82, 2.24) is 0 Å². The summed E-state index contributed by atoms with van der Waals surface area (Å²) in [6.07, 6.45) is 0. The summed E-state index contributed by atoms with van der Waals surface area (Å²) < 4.78 is 0. The Hall–Kier alpha value is 0.445. The minimum Gasteiger partial charge on any atom is -2.00 e. The zero-order chi connectivity index (χ0) is 7.15. The maximum atomic E-state index is 8.89. The molecule has 5 nitrogen and oxygen atoms in total. The van der Waals surface area contributed by atoms with Crippen molar-refractivity contribution in [1.29, 1.82) is 0 Å². The van der Waals surface area contributed by atoms with Crippen LogP contribution >= 0.6 is 0 Å². The molecule has 0 saturated carbocycles. The predicted molar refractivity (Wildman–Crippen MR) is 22.0 cm³/mol. The van der Waals surface area contributed by atoms with Gasteiger partial charge in [0, 0.05) is 11.9 Å². The topological polar surface area (TPSA) is 109 Å². The van der Waals surface area contributed by atoms with Gasteiger partial charge in [-0.2, -0.15) is 0 Å². The van der Waals surface area contributed by atoms with Crippen LogP contribution in [0, 0.1) is 0 Å². The van der Waals surface area contributed by atoms with Gasteiger partial charge in [-0.1, -0.05) is 0 Å². The molecule has 0 rings (SSSR count). The fourth-order valence-electron chi connectivity index (χ4n) is 0. The Kier molecular flexibility index (Phi) is 61.3. The zero-order valence-electron chi connectivity index (χ0n) is 6.46. The van der Waals surface area contributed by atoms with Crippen LogP contribution in [-0.2, 0) is 61.8 Å². The molecule has 0 heterocycles. The normalized spacial score (nSPS) is 4.55. The molecular weight excluding hydrogens is 306 g/mol. The molecule has 0 aliphatic rings. The second kappa shape index (κ2) is 22.4. The third-order valence-electron chi connectivity index (χ3n) is 0. The van der Waals surface area contributed by atoms with Crippen LogP contribution in [0.4, 0.5) is 0 Å². The predicted octanol–water partition coefficient (Wildman–Crippen LogP) is -2.61. The van der Waals surface area contributed by atoms with E-state index in [-0.39, 0.29) is 52.3 Å². The van der Waals surface area contributed by atoms with Gasteiger partial charge >= 0.3 is 46.8 Å². The first-order valence-electron chi connectivity index (χ1n) is 1.82. The second-order valence-electron chi connectivity index (χ2n) is 0.983. The van der Waals surface area contributed by atoms with Gasteiger partial charge in [0.1, 0.15) is 0 Å². The summed E-state index contributed by atoms with van der Waals surface area (Å²) in [7, 11) is 0. The molecule has 0 fully saturated rings. The number of aliphatic carboxylic acids is 2. The first kappa shape index (κ1) is 30.1. The van der Waals surface area contributed by atoms with Gasteiger partial charge in [-0.05, 0) is 13.8 Å². The number of carbonyl (C=O) groups excluding carboxylic acids is 2. The van der Waals surface area contributed by atoms with Gasteiger partial charge in [0.15, 0.2) is 0 Å². The third kappa shape index (κ3) is 3750. The van der Waals surface area contributed by atoms with E-state index in [1.807, 2.05) is 0 Å². The standard InChI is InChI=1S/2C2H4O2.Cd.O.Zn/c2*1-2(3)4;;;/h2*1H3,(H,3,4);;;/q;;+2;-2;+2/p-2. The molecule has 0 aromatic heterocycles. The average Bonchev–Trinajstić information content (AvgIpc) is 1.25. The summed E-state index contributed by atoms with van der Waals surface area (Å²) >= 11 is 0. The summed E-state index contributed by atoms with van der Waals surface area (Å²) in [4.78, 5) is 17.8. The molecule has 7 heteroatoms. The molecule has 11 heavy (non-hydrogen) atoms. The summed E-state index contributed by atoms with van der Waals surface area (Å²) in [5, 5.41) is 17.8. The van der Waals surface area contributed by atoms with E-state index in [2.05, 4.69) is 0 Å².